The van der Waals surface area contributed by atoms with Crippen LogP contribution in [-0.4, -0.2) is 50.0 Å². The summed E-state index contributed by atoms with van der Waals surface area (Å²) in [6, 6.07) is 11.6. The molecule has 1 aromatic carbocycles. The van der Waals surface area contributed by atoms with E-state index in [9.17, 15) is 10.1 Å². The summed E-state index contributed by atoms with van der Waals surface area (Å²) in [6.45, 7) is 5.26. The predicted molar refractivity (Wildman–Crippen MR) is 127 cm³/mol. The minimum atomic E-state index is 0.0222. The zero-order valence-electron chi connectivity index (χ0n) is 19.1. The number of aromatic nitrogens is 4. The molecule has 0 spiro atoms. The molecular weight excluding hydrogens is 428 g/mol. The molecule has 0 unspecified atom stereocenters. The second kappa shape index (κ2) is 9.57. The number of hydrogen-bond acceptors (Lipinski definition) is 7. The second-order valence-electron chi connectivity index (χ2n) is 8.77. The highest BCUT2D eigenvalue weighted by atomic mass is 16.5. The zero-order chi connectivity index (χ0) is 23.5. The number of carbonyl (C=O) groups is 1. The van der Waals surface area contributed by atoms with Gasteiger partial charge in [0, 0.05) is 47.6 Å². The van der Waals surface area contributed by atoms with Crippen LogP contribution in [-0.2, 0) is 6.54 Å². The van der Waals surface area contributed by atoms with Crippen LogP contribution in [0.3, 0.4) is 0 Å². The Hall–Kier alpha value is -3.83. The lowest BCUT2D eigenvalue weighted by Crippen LogP contribution is -2.34. The Kier molecular flexibility index (Phi) is 6.19. The molecule has 0 radical (unpaired) electrons. The van der Waals surface area contributed by atoms with E-state index >= 15 is 0 Å². The van der Waals surface area contributed by atoms with Crippen LogP contribution in [0.2, 0.25) is 0 Å². The number of likely N-dealkylation sites (tertiary alicyclic amines) is 1. The third-order valence-corrected chi connectivity index (χ3v) is 6.59. The number of rotatable bonds is 7. The summed E-state index contributed by atoms with van der Waals surface area (Å²) in [5.41, 5.74) is 3.05. The van der Waals surface area contributed by atoms with Crippen LogP contribution in [0.1, 0.15) is 53.9 Å². The Balaban J connectivity index is 1.18. The summed E-state index contributed by atoms with van der Waals surface area (Å²) < 4.78 is 7.63. The lowest BCUT2D eigenvalue weighted by atomic mass is 9.96. The largest absolute Gasteiger partial charge is 0.346 e. The van der Waals surface area contributed by atoms with E-state index < -0.39 is 0 Å². The fourth-order valence-electron chi connectivity index (χ4n) is 4.79. The Labute approximate surface area is 197 Å². The monoisotopic (exact) mass is 454 g/mol. The topological polar surface area (TPSA) is 101 Å². The Bertz CT molecular complexity index is 1340. The van der Waals surface area contributed by atoms with E-state index in [1.165, 1.54) is 0 Å². The van der Waals surface area contributed by atoms with E-state index in [2.05, 4.69) is 30.7 Å². The van der Waals surface area contributed by atoms with Crippen LogP contribution in [0, 0.1) is 11.3 Å². The summed E-state index contributed by atoms with van der Waals surface area (Å²) in [7, 11) is 0. The number of fused-ring (bicyclic) bond motifs is 1. The number of Topliss-reactive ketones (excluding diaryl/α,β-unsaturated/α-hetero) is 1. The van der Waals surface area contributed by atoms with Gasteiger partial charge in [0.2, 0.25) is 11.7 Å². The van der Waals surface area contributed by atoms with Gasteiger partial charge in [0.15, 0.2) is 5.78 Å². The van der Waals surface area contributed by atoms with Crippen molar-refractivity contribution in [1.82, 2.24) is 24.6 Å². The fraction of sp³-hybridized carbons (Fsp3) is 0.346. The lowest BCUT2D eigenvalue weighted by Gasteiger charge is -2.30. The van der Waals surface area contributed by atoms with Crippen LogP contribution in [0.15, 0.2) is 53.4 Å². The van der Waals surface area contributed by atoms with Crippen molar-refractivity contribution in [2.75, 3.05) is 19.6 Å². The molecule has 1 aliphatic rings. The van der Waals surface area contributed by atoms with Gasteiger partial charge in [0.1, 0.15) is 6.07 Å². The standard InChI is InChI=1S/C26H26N6O2/c1-18(33)23-17-32(24-21(16-27)4-2-5-22(23)24)13-3-12-31-14-8-20(9-15-31)26-29-25(30-34-26)19-6-10-28-11-7-19/h2,4-7,10-11,17,20H,3,8-9,12-15H2,1H3. The molecule has 4 aromatic rings. The molecule has 0 bridgehead atoms. The number of hydrogen-bond donors (Lipinski definition) is 0. The quantitative estimate of drug-likeness (QED) is 0.381. The smallest absolute Gasteiger partial charge is 0.230 e. The minimum absolute atomic E-state index is 0.0222. The number of benzene rings is 1. The molecular formula is C26H26N6O2. The van der Waals surface area contributed by atoms with Crippen LogP contribution < -0.4 is 0 Å². The molecule has 1 fully saturated rings. The fourth-order valence-corrected chi connectivity index (χ4v) is 4.79. The first-order valence-electron chi connectivity index (χ1n) is 11.6. The molecule has 1 saturated heterocycles. The molecule has 0 atom stereocenters. The molecule has 0 amide bonds. The molecule has 0 aliphatic carbocycles. The molecule has 0 saturated carbocycles. The highest BCUT2D eigenvalue weighted by Crippen LogP contribution is 2.29. The van der Waals surface area contributed by atoms with E-state index in [0.29, 0.717) is 22.8 Å². The summed E-state index contributed by atoms with van der Waals surface area (Å²) in [5.74, 6) is 1.63. The molecule has 5 rings (SSSR count). The van der Waals surface area contributed by atoms with Crippen LogP contribution in [0.25, 0.3) is 22.3 Å². The maximum atomic E-state index is 12.1. The highest BCUT2D eigenvalue weighted by molar-refractivity contribution is 6.08. The van der Waals surface area contributed by atoms with Crippen molar-refractivity contribution in [2.45, 2.75) is 38.6 Å². The van der Waals surface area contributed by atoms with Gasteiger partial charge in [-0.1, -0.05) is 17.3 Å². The van der Waals surface area contributed by atoms with Gasteiger partial charge in [0.25, 0.3) is 0 Å². The number of ketones is 1. The normalized spacial score (nSPS) is 14.9. The van der Waals surface area contributed by atoms with Gasteiger partial charge in [0.05, 0.1) is 11.1 Å². The summed E-state index contributed by atoms with van der Waals surface area (Å²) in [6.07, 6.45) is 8.26. The minimum Gasteiger partial charge on any atom is -0.346 e. The van der Waals surface area contributed by atoms with Crippen LogP contribution in [0.4, 0.5) is 0 Å². The van der Waals surface area contributed by atoms with E-state index in [1.54, 1.807) is 19.3 Å². The molecule has 8 nitrogen and oxygen atoms in total. The third-order valence-electron chi connectivity index (χ3n) is 6.59. The van der Waals surface area contributed by atoms with Gasteiger partial charge >= 0.3 is 0 Å². The molecule has 4 heterocycles. The van der Waals surface area contributed by atoms with Crippen molar-refractivity contribution < 1.29 is 9.32 Å². The Morgan fingerprint density at radius 2 is 1.97 bits per heavy atom. The summed E-state index contributed by atoms with van der Waals surface area (Å²) in [5, 5.41) is 14.5. The number of nitrogens with zero attached hydrogens (tertiary/aromatic N) is 6. The van der Waals surface area contributed by atoms with Crippen molar-refractivity contribution in [1.29, 1.82) is 5.26 Å². The highest BCUT2D eigenvalue weighted by Gasteiger charge is 2.25. The van der Waals surface area contributed by atoms with Gasteiger partial charge in [-0.3, -0.25) is 9.78 Å². The van der Waals surface area contributed by atoms with E-state index in [-0.39, 0.29) is 11.7 Å². The first kappa shape index (κ1) is 22.0. The Morgan fingerprint density at radius 3 is 2.71 bits per heavy atom. The number of piperidine rings is 1. The Morgan fingerprint density at radius 1 is 1.18 bits per heavy atom. The molecule has 8 heteroatoms. The zero-order valence-corrected chi connectivity index (χ0v) is 19.1. The second-order valence-corrected chi connectivity index (χ2v) is 8.77. The van der Waals surface area contributed by atoms with Gasteiger partial charge < -0.3 is 14.0 Å². The number of nitriles is 1. The van der Waals surface area contributed by atoms with Crippen molar-refractivity contribution in [3.05, 3.63) is 65.9 Å². The van der Waals surface area contributed by atoms with E-state index in [0.717, 1.165) is 61.9 Å². The van der Waals surface area contributed by atoms with Crippen LogP contribution >= 0.6 is 0 Å². The number of aryl methyl sites for hydroxylation is 1. The summed E-state index contributed by atoms with van der Waals surface area (Å²) in [4.78, 5) is 23.2. The lowest BCUT2D eigenvalue weighted by molar-refractivity contribution is 0.101. The number of carbonyl (C=O) groups excluding carboxylic acids is 1. The van der Waals surface area contributed by atoms with Crippen molar-refractivity contribution >= 4 is 16.7 Å². The number of pyridine rings is 1. The summed E-state index contributed by atoms with van der Waals surface area (Å²) >= 11 is 0. The van der Waals surface area contributed by atoms with E-state index in [1.807, 2.05) is 36.5 Å². The van der Waals surface area contributed by atoms with Crippen molar-refractivity contribution in [3.63, 3.8) is 0 Å². The van der Waals surface area contributed by atoms with Gasteiger partial charge in [-0.15, -0.1) is 0 Å². The first-order valence-corrected chi connectivity index (χ1v) is 11.6. The molecule has 172 valence electrons. The average Bonchev–Trinajstić information content (AvgIpc) is 3.51. The molecule has 34 heavy (non-hydrogen) atoms. The first-order chi connectivity index (χ1) is 16.6. The predicted octanol–water partition coefficient (Wildman–Crippen LogP) is 4.43. The SMILES string of the molecule is CC(=O)c1cn(CCCN2CCC(c3nc(-c4ccncc4)no3)CC2)c2c(C#N)cccc12. The van der Waals surface area contributed by atoms with Crippen molar-refractivity contribution in [3.8, 4) is 17.5 Å². The third kappa shape index (κ3) is 4.35. The van der Waals surface area contributed by atoms with E-state index in [4.69, 9.17) is 4.52 Å². The average molecular weight is 455 g/mol. The van der Waals surface area contributed by atoms with Gasteiger partial charge in [-0.2, -0.15) is 10.2 Å². The molecule has 3 aromatic heterocycles. The number of para-hydroxylation sites is 1. The molecule has 0 N–H and O–H groups in total. The van der Waals surface area contributed by atoms with Gasteiger partial charge in [-0.25, -0.2) is 0 Å². The van der Waals surface area contributed by atoms with Crippen molar-refractivity contribution in [2.24, 2.45) is 0 Å². The maximum absolute atomic E-state index is 12.1. The van der Waals surface area contributed by atoms with Crippen LogP contribution in [0.5, 0.6) is 0 Å². The van der Waals surface area contributed by atoms with Gasteiger partial charge in [-0.05, 0) is 64.0 Å². The molecule has 1 aliphatic heterocycles. The maximum Gasteiger partial charge on any atom is 0.230 e.